The Morgan fingerprint density at radius 1 is 0.667 bits per heavy atom. The molecule has 0 aliphatic rings. The van der Waals surface area contributed by atoms with Gasteiger partial charge in [0.2, 0.25) is 0 Å². The normalized spacial score (nSPS) is 12.5. The van der Waals surface area contributed by atoms with Crippen LogP contribution >= 0.6 is 0 Å². The molecule has 158 valence electrons. The summed E-state index contributed by atoms with van der Waals surface area (Å²) in [6, 6.07) is 12.7. The van der Waals surface area contributed by atoms with Gasteiger partial charge in [-0.05, 0) is 38.1 Å². The molecule has 0 bridgehead atoms. The summed E-state index contributed by atoms with van der Waals surface area (Å²) in [5, 5.41) is 18.4. The highest BCUT2D eigenvalue weighted by Crippen LogP contribution is 2.18. The van der Waals surface area contributed by atoms with Crippen LogP contribution in [-0.4, -0.2) is 46.3 Å². The van der Waals surface area contributed by atoms with Gasteiger partial charge in [0.05, 0.1) is 24.0 Å². The van der Waals surface area contributed by atoms with Gasteiger partial charge in [-0.15, -0.1) is 0 Å². The Hall–Kier alpha value is -3.68. The molecule has 30 heavy (non-hydrogen) atoms. The third kappa shape index (κ3) is 6.73. The number of aliphatic carboxylic acids is 2. The molecule has 2 atom stereocenters. The minimum atomic E-state index is -1.48. The fraction of sp³-hybridized carbons (Fsp3) is 0.273. The highest BCUT2D eigenvalue weighted by Gasteiger charge is 2.33. The smallest absolute Gasteiger partial charge is 0.338 e. The van der Waals surface area contributed by atoms with Crippen LogP contribution in [0.2, 0.25) is 0 Å². The van der Waals surface area contributed by atoms with Crippen molar-refractivity contribution < 1.29 is 38.9 Å². The molecule has 0 fully saturated rings. The van der Waals surface area contributed by atoms with Gasteiger partial charge in [-0.1, -0.05) is 35.4 Å². The summed E-state index contributed by atoms with van der Waals surface area (Å²) >= 11 is 0. The van der Waals surface area contributed by atoms with Crippen LogP contribution in [0.5, 0.6) is 0 Å². The predicted octanol–water partition coefficient (Wildman–Crippen LogP) is 3.00. The molecule has 2 rings (SSSR count). The van der Waals surface area contributed by atoms with Gasteiger partial charge in [0.1, 0.15) is 12.2 Å². The standard InChI is InChI=1S/C22H22O8/c1-13-3-7-15(8-4-13)21(27)29-17(11-19(23)24)18(12-20(25)26)30-22(28)16-9-5-14(2)6-10-16/h3-10,17-18H,11-12H2,1-2H3,(H,23,24)(H,25,26)/t17-,18-/m0/s1. The Morgan fingerprint density at radius 3 is 1.23 bits per heavy atom. The molecule has 8 heteroatoms. The van der Waals surface area contributed by atoms with E-state index in [-0.39, 0.29) is 11.1 Å². The Labute approximate surface area is 173 Å². The van der Waals surface area contributed by atoms with E-state index in [0.29, 0.717) is 0 Å². The summed E-state index contributed by atoms with van der Waals surface area (Å²) in [7, 11) is 0. The zero-order valence-corrected chi connectivity index (χ0v) is 16.5. The third-order valence-electron chi connectivity index (χ3n) is 4.26. The first-order valence-electron chi connectivity index (χ1n) is 9.14. The van der Waals surface area contributed by atoms with Crippen LogP contribution < -0.4 is 0 Å². The van der Waals surface area contributed by atoms with Gasteiger partial charge in [-0.2, -0.15) is 0 Å². The molecule has 0 amide bonds. The van der Waals surface area contributed by atoms with Gasteiger partial charge >= 0.3 is 23.9 Å². The average molecular weight is 414 g/mol. The molecule has 0 spiro atoms. The van der Waals surface area contributed by atoms with E-state index in [4.69, 9.17) is 9.47 Å². The van der Waals surface area contributed by atoms with Crippen molar-refractivity contribution in [2.24, 2.45) is 0 Å². The molecule has 2 aromatic carbocycles. The second-order valence-electron chi connectivity index (χ2n) is 6.82. The minimum absolute atomic E-state index is 0.162. The number of esters is 2. The molecule has 8 nitrogen and oxygen atoms in total. The number of carboxylic acids is 2. The maximum absolute atomic E-state index is 12.4. The highest BCUT2D eigenvalue weighted by molar-refractivity contribution is 5.91. The Morgan fingerprint density at radius 2 is 0.967 bits per heavy atom. The summed E-state index contributed by atoms with van der Waals surface area (Å²) in [6.45, 7) is 3.66. The topological polar surface area (TPSA) is 127 Å². The van der Waals surface area contributed by atoms with Crippen molar-refractivity contribution >= 4 is 23.9 Å². The molecule has 0 radical (unpaired) electrons. The maximum Gasteiger partial charge on any atom is 0.338 e. The van der Waals surface area contributed by atoms with Gasteiger partial charge in [0.15, 0.2) is 0 Å². The molecule has 0 unspecified atom stereocenters. The van der Waals surface area contributed by atoms with Crippen molar-refractivity contribution in [3.05, 3.63) is 70.8 Å². The molecule has 0 aliphatic heterocycles. The quantitative estimate of drug-likeness (QED) is 0.600. The van der Waals surface area contributed by atoms with E-state index in [0.717, 1.165) is 11.1 Å². The summed E-state index contributed by atoms with van der Waals surface area (Å²) in [6.07, 6.45) is -4.42. The number of ether oxygens (including phenoxy) is 2. The fourth-order valence-electron chi connectivity index (χ4n) is 2.63. The van der Waals surface area contributed by atoms with Gasteiger partial charge in [0, 0.05) is 0 Å². The predicted molar refractivity (Wildman–Crippen MR) is 105 cm³/mol. The van der Waals surface area contributed by atoms with Gasteiger partial charge in [-0.25, -0.2) is 9.59 Å². The van der Waals surface area contributed by atoms with Crippen LogP contribution in [0.1, 0.15) is 44.7 Å². The van der Waals surface area contributed by atoms with Gasteiger partial charge < -0.3 is 19.7 Å². The van der Waals surface area contributed by atoms with Crippen LogP contribution in [-0.2, 0) is 19.1 Å². The van der Waals surface area contributed by atoms with E-state index in [2.05, 4.69) is 0 Å². The van der Waals surface area contributed by atoms with Crippen LogP contribution in [0.3, 0.4) is 0 Å². The second-order valence-corrected chi connectivity index (χ2v) is 6.82. The fourth-order valence-corrected chi connectivity index (χ4v) is 2.63. The number of rotatable bonds is 9. The van der Waals surface area contributed by atoms with Crippen LogP contribution in [0.4, 0.5) is 0 Å². The maximum atomic E-state index is 12.4. The first-order chi connectivity index (χ1) is 14.2. The van der Waals surface area contributed by atoms with Crippen LogP contribution in [0, 0.1) is 13.8 Å². The van der Waals surface area contributed by atoms with Crippen molar-refractivity contribution in [1.29, 1.82) is 0 Å². The number of hydrogen-bond acceptors (Lipinski definition) is 6. The first-order valence-corrected chi connectivity index (χ1v) is 9.14. The zero-order chi connectivity index (χ0) is 22.3. The SMILES string of the molecule is Cc1ccc(C(=O)O[C@@H](CC(=O)O)[C@H](CC(=O)O)OC(=O)c2ccc(C)cc2)cc1. The van der Waals surface area contributed by atoms with Crippen molar-refractivity contribution in [3.8, 4) is 0 Å². The molecular formula is C22H22O8. The van der Waals surface area contributed by atoms with Gasteiger partial charge in [0.25, 0.3) is 0 Å². The Kier molecular flexibility index (Phi) is 7.69. The lowest BCUT2D eigenvalue weighted by Gasteiger charge is -2.25. The number of carbonyl (C=O) groups is 4. The van der Waals surface area contributed by atoms with E-state index >= 15 is 0 Å². The zero-order valence-electron chi connectivity index (χ0n) is 16.5. The summed E-state index contributed by atoms with van der Waals surface area (Å²) in [4.78, 5) is 47.4. The second kappa shape index (κ2) is 10.2. The van der Waals surface area contributed by atoms with Crippen molar-refractivity contribution in [2.75, 3.05) is 0 Å². The van der Waals surface area contributed by atoms with Crippen molar-refractivity contribution in [1.82, 2.24) is 0 Å². The number of carboxylic acid groups (broad SMARTS) is 2. The minimum Gasteiger partial charge on any atom is -0.481 e. The average Bonchev–Trinajstić information content (AvgIpc) is 2.67. The largest absolute Gasteiger partial charge is 0.481 e. The molecular weight excluding hydrogens is 392 g/mol. The van der Waals surface area contributed by atoms with Gasteiger partial charge in [-0.3, -0.25) is 9.59 Å². The number of benzene rings is 2. The highest BCUT2D eigenvalue weighted by atomic mass is 16.6. The molecule has 0 aliphatic carbocycles. The van der Waals surface area contributed by atoms with Crippen LogP contribution in [0.15, 0.2) is 48.5 Å². The molecule has 0 saturated heterocycles. The Bertz CT molecular complexity index is 838. The lowest BCUT2D eigenvalue weighted by molar-refractivity contribution is -0.147. The molecule has 2 N–H and O–H groups in total. The first kappa shape index (κ1) is 22.6. The molecule has 0 aromatic heterocycles. The summed E-state index contributed by atoms with van der Waals surface area (Å²) in [5.74, 6) is -4.36. The third-order valence-corrected chi connectivity index (χ3v) is 4.26. The molecule has 2 aromatic rings. The lowest BCUT2D eigenvalue weighted by Crippen LogP contribution is -2.38. The summed E-state index contributed by atoms with van der Waals surface area (Å²) in [5.41, 5.74) is 2.14. The molecule has 0 saturated carbocycles. The van der Waals surface area contributed by atoms with Crippen LogP contribution in [0.25, 0.3) is 0 Å². The number of hydrogen-bond donors (Lipinski definition) is 2. The van der Waals surface area contributed by atoms with E-state index in [1.54, 1.807) is 24.3 Å². The van der Waals surface area contributed by atoms with E-state index in [9.17, 15) is 29.4 Å². The van der Waals surface area contributed by atoms with Crippen molar-refractivity contribution in [3.63, 3.8) is 0 Å². The van der Waals surface area contributed by atoms with E-state index in [1.165, 1.54) is 24.3 Å². The van der Waals surface area contributed by atoms with Crippen molar-refractivity contribution in [2.45, 2.75) is 38.9 Å². The monoisotopic (exact) mass is 414 g/mol. The van der Waals surface area contributed by atoms with E-state index in [1.807, 2.05) is 13.8 Å². The summed E-state index contributed by atoms with van der Waals surface area (Å²) < 4.78 is 10.5. The lowest BCUT2D eigenvalue weighted by atomic mass is 10.1. The number of carbonyl (C=O) groups excluding carboxylic acids is 2. The Balaban J connectivity index is 2.24. The molecule has 0 heterocycles. The van der Waals surface area contributed by atoms with E-state index < -0.39 is 48.9 Å². The number of aryl methyl sites for hydroxylation is 2.